The number of carbonyl (C=O) groups is 1. The van der Waals surface area contributed by atoms with Gasteiger partial charge in [0.2, 0.25) is 0 Å². The Balaban J connectivity index is 2.11. The summed E-state index contributed by atoms with van der Waals surface area (Å²) in [6.07, 6.45) is 4.22. The normalized spacial score (nSPS) is 15.7. The molecule has 1 aliphatic rings. The number of likely N-dealkylation sites (N-methyl/N-ethyl adjacent to an activating group) is 1. The van der Waals surface area contributed by atoms with Crippen LogP contribution in [0.5, 0.6) is 5.75 Å². The molecular weight excluding hydrogens is 226 g/mol. The van der Waals surface area contributed by atoms with E-state index in [2.05, 4.69) is 11.4 Å². The quantitative estimate of drug-likeness (QED) is 0.887. The van der Waals surface area contributed by atoms with Gasteiger partial charge in [-0.2, -0.15) is 0 Å². The molecule has 1 N–H and O–H groups in total. The maximum absolute atomic E-state index is 11.7. The number of benzene rings is 1. The van der Waals surface area contributed by atoms with Gasteiger partial charge in [-0.15, -0.1) is 0 Å². The average molecular weight is 247 g/mol. The van der Waals surface area contributed by atoms with Crippen LogP contribution in [0.15, 0.2) is 18.2 Å². The molecule has 0 unspecified atom stereocenters. The minimum absolute atomic E-state index is 0.0501. The van der Waals surface area contributed by atoms with Crippen molar-refractivity contribution in [1.29, 1.82) is 0 Å². The van der Waals surface area contributed by atoms with Crippen molar-refractivity contribution in [3.8, 4) is 5.75 Å². The molecule has 1 aliphatic carbocycles. The average Bonchev–Trinajstić information content (AvgIpc) is 2.39. The molecule has 0 bridgehead atoms. The smallest absolute Gasteiger partial charge is 0.260 e. The van der Waals surface area contributed by atoms with E-state index >= 15 is 0 Å². The number of ether oxygens (including phenoxy) is 1. The molecular formula is C15H21NO2. The van der Waals surface area contributed by atoms with Crippen molar-refractivity contribution in [2.75, 3.05) is 6.54 Å². The van der Waals surface area contributed by atoms with Crippen molar-refractivity contribution in [3.05, 3.63) is 29.3 Å². The summed E-state index contributed by atoms with van der Waals surface area (Å²) in [5.41, 5.74) is 2.67. The van der Waals surface area contributed by atoms with Gasteiger partial charge in [0.15, 0.2) is 6.10 Å². The number of carbonyl (C=O) groups excluding carboxylic acids is 1. The molecule has 0 fully saturated rings. The number of amides is 1. The van der Waals surface area contributed by atoms with Crippen molar-refractivity contribution in [2.45, 2.75) is 45.6 Å². The summed E-state index contributed by atoms with van der Waals surface area (Å²) in [7, 11) is 0. The lowest BCUT2D eigenvalue weighted by atomic mass is 9.91. The van der Waals surface area contributed by atoms with Gasteiger partial charge in [-0.25, -0.2) is 0 Å². The van der Waals surface area contributed by atoms with E-state index in [1.54, 1.807) is 6.92 Å². The van der Waals surface area contributed by atoms with Crippen molar-refractivity contribution in [3.63, 3.8) is 0 Å². The van der Waals surface area contributed by atoms with Crippen LogP contribution in [0.4, 0.5) is 0 Å². The van der Waals surface area contributed by atoms with E-state index in [0.717, 1.165) is 18.6 Å². The van der Waals surface area contributed by atoms with E-state index in [0.29, 0.717) is 6.54 Å². The first-order chi connectivity index (χ1) is 8.72. The minimum atomic E-state index is -0.432. The Morgan fingerprint density at radius 3 is 2.94 bits per heavy atom. The fourth-order valence-electron chi connectivity index (χ4n) is 2.42. The second kappa shape index (κ2) is 5.89. The standard InChI is InChI=1S/C15H21NO2/c1-3-16-15(17)11(2)18-14-10-6-8-12-7-4-5-9-13(12)14/h6,8,10-11H,3-5,7,9H2,1-2H3,(H,16,17)/t11-/m0/s1. The topological polar surface area (TPSA) is 38.3 Å². The van der Waals surface area contributed by atoms with Crippen molar-refractivity contribution >= 4 is 5.91 Å². The van der Waals surface area contributed by atoms with Gasteiger partial charge in [0.1, 0.15) is 5.75 Å². The highest BCUT2D eigenvalue weighted by molar-refractivity contribution is 5.80. The summed E-state index contributed by atoms with van der Waals surface area (Å²) >= 11 is 0. The number of nitrogens with one attached hydrogen (secondary N) is 1. The summed E-state index contributed by atoms with van der Waals surface area (Å²) in [5, 5.41) is 2.78. The van der Waals surface area contributed by atoms with E-state index in [9.17, 15) is 4.79 Å². The lowest BCUT2D eigenvalue weighted by Crippen LogP contribution is -2.36. The molecule has 3 nitrogen and oxygen atoms in total. The van der Waals surface area contributed by atoms with E-state index < -0.39 is 6.10 Å². The van der Waals surface area contributed by atoms with Gasteiger partial charge in [0.05, 0.1) is 0 Å². The molecule has 0 saturated heterocycles. The minimum Gasteiger partial charge on any atom is -0.481 e. The fraction of sp³-hybridized carbons (Fsp3) is 0.533. The highest BCUT2D eigenvalue weighted by Gasteiger charge is 2.18. The molecule has 98 valence electrons. The van der Waals surface area contributed by atoms with E-state index in [-0.39, 0.29) is 5.91 Å². The van der Waals surface area contributed by atoms with Crippen LogP contribution in [-0.2, 0) is 17.6 Å². The molecule has 0 radical (unpaired) electrons. The lowest BCUT2D eigenvalue weighted by molar-refractivity contribution is -0.127. The molecule has 1 aromatic rings. The molecule has 1 amide bonds. The summed E-state index contributed by atoms with van der Waals surface area (Å²) in [6.45, 7) is 4.35. The molecule has 18 heavy (non-hydrogen) atoms. The summed E-state index contributed by atoms with van der Waals surface area (Å²) in [6, 6.07) is 6.15. The van der Waals surface area contributed by atoms with Crippen LogP contribution in [-0.4, -0.2) is 18.6 Å². The lowest BCUT2D eigenvalue weighted by Gasteiger charge is -2.21. The largest absolute Gasteiger partial charge is 0.481 e. The molecule has 1 atom stereocenters. The van der Waals surface area contributed by atoms with E-state index in [1.807, 2.05) is 19.1 Å². The van der Waals surface area contributed by atoms with Gasteiger partial charge in [0, 0.05) is 6.54 Å². The van der Waals surface area contributed by atoms with Crippen molar-refractivity contribution in [2.24, 2.45) is 0 Å². The third-order valence-electron chi connectivity index (χ3n) is 3.38. The van der Waals surface area contributed by atoms with Crippen LogP contribution in [0.1, 0.15) is 37.8 Å². The molecule has 0 aromatic heterocycles. The van der Waals surface area contributed by atoms with Crippen LogP contribution in [0.25, 0.3) is 0 Å². The first-order valence-electron chi connectivity index (χ1n) is 6.77. The third kappa shape index (κ3) is 2.84. The van der Waals surface area contributed by atoms with Crippen LogP contribution >= 0.6 is 0 Å². The van der Waals surface area contributed by atoms with Crippen LogP contribution in [0.2, 0.25) is 0 Å². The number of hydrogen-bond acceptors (Lipinski definition) is 2. The number of aryl methyl sites for hydroxylation is 1. The Bertz CT molecular complexity index is 429. The Kier molecular flexibility index (Phi) is 4.24. The zero-order valence-electron chi connectivity index (χ0n) is 11.2. The molecule has 0 aliphatic heterocycles. The van der Waals surface area contributed by atoms with Crippen LogP contribution in [0, 0.1) is 0 Å². The molecule has 1 aromatic carbocycles. The first kappa shape index (κ1) is 12.9. The van der Waals surface area contributed by atoms with Crippen molar-refractivity contribution in [1.82, 2.24) is 5.32 Å². The first-order valence-corrected chi connectivity index (χ1v) is 6.77. The van der Waals surface area contributed by atoms with Gasteiger partial charge in [-0.1, -0.05) is 12.1 Å². The molecule has 2 rings (SSSR count). The zero-order chi connectivity index (χ0) is 13.0. The highest BCUT2D eigenvalue weighted by atomic mass is 16.5. The van der Waals surface area contributed by atoms with Crippen LogP contribution < -0.4 is 10.1 Å². The van der Waals surface area contributed by atoms with Gasteiger partial charge in [-0.05, 0) is 56.7 Å². The molecule has 0 spiro atoms. The molecule has 0 saturated carbocycles. The number of hydrogen-bond donors (Lipinski definition) is 1. The fourth-order valence-corrected chi connectivity index (χ4v) is 2.42. The van der Waals surface area contributed by atoms with Crippen molar-refractivity contribution < 1.29 is 9.53 Å². The van der Waals surface area contributed by atoms with Crippen LogP contribution in [0.3, 0.4) is 0 Å². The maximum atomic E-state index is 11.7. The Labute approximate surface area is 109 Å². The number of rotatable bonds is 4. The Morgan fingerprint density at radius 1 is 1.39 bits per heavy atom. The Hall–Kier alpha value is -1.51. The van der Waals surface area contributed by atoms with E-state index in [1.165, 1.54) is 24.0 Å². The second-order valence-corrected chi connectivity index (χ2v) is 4.76. The van der Waals surface area contributed by atoms with Gasteiger partial charge >= 0.3 is 0 Å². The monoisotopic (exact) mass is 247 g/mol. The summed E-state index contributed by atoms with van der Waals surface area (Å²) in [4.78, 5) is 11.7. The molecule has 3 heteroatoms. The van der Waals surface area contributed by atoms with Gasteiger partial charge in [-0.3, -0.25) is 4.79 Å². The zero-order valence-corrected chi connectivity index (χ0v) is 11.2. The van der Waals surface area contributed by atoms with E-state index in [4.69, 9.17) is 4.74 Å². The molecule has 0 heterocycles. The second-order valence-electron chi connectivity index (χ2n) is 4.76. The number of fused-ring (bicyclic) bond motifs is 1. The van der Waals surface area contributed by atoms with Gasteiger partial charge in [0.25, 0.3) is 5.91 Å². The predicted octanol–water partition coefficient (Wildman–Crippen LogP) is 2.47. The highest BCUT2D eigenvalue weighted by Crippen LogP contribution is 2.30. The summed E-state index contributed by atoms with van der Waals surface area (Å²) in [5.74, 6) is 0.830. The van der Waals surface area contributed by atoms with Gasteiger partial charge < -0.3 is 10.1 Å². The predicted molar refractivity (Wildman–Crippen MR) is 71.9 cm³/mol. The Morgan fingerprint density at radius 2 is 2.17 bits per heavy atom. The summed E-state index contributed by atoms with van der Waals surface area (Å²) < 4.78 is 5.82. The maximum Gasteiger partial charge on any atom is 0.260 e. The third-order valence-corrected chi connectivity index (χ3v) is 3.38. The SMILES string of the molecule is CCNC(=O)[C@H](C)Oc1cccc2c1CCCC2.